The third-order valence-corrected chi connectivity index (χ3v) is 4.52. The molecule has 1 aromatic heterocycles. The first-order valence-corrected chi connectivity index (χ1v) is 7.42. The number of hydrogen-bond acceptors (Lipinski definition) is 2. The standard InChI is InChI=1S/C16H23N3/c1-19-15-10-13(11-17)6-8-14(15)18-16(19)9-7-12-4-2-3-5-12/h6,8,10,12H,2-5,7,9,11,17H2,1H3. The van der Waals surface area contributed by atoms with E-state index in [1.54, 1.807) is 0 Å². The number of aryl methyl sites for hydroxylation is 2. The van der Waals surface area contributed by atoms with Gasteiger partial charge in [0.25, 0.3) is 0 Å². The maximum absolute atomic E-state index is 5.71. The van der Waals surface area contributed by atoms with Crippen molar-refractivity contribution in [2.75, 3.05) is 0 Å². The number of benzene rings is 1. The van der Waals surface area contributed by atoms with E-state index < -0.39 is 0 Å². The maximum Gasteiger partial charge on any atom is 0.109 e. The highest BCUT2D eigenvalue weighted by atomic mass is 15.1. The average Bonchev–Trinajstić information content (AvgIpc) is 3.05. The molecule has 1 fully saturated rings. The number of fused-ring (bicyclic) bond motifs is 1. The number of aromatic nitrogens is 2. The fraction of sp³-hybridized carbons (Fsp3) is 0.562. The molecule has 1 aliphatic carbocycles. The van der Waals surface area contributed by atoms with E-state index in [-0.39, 0.29) is 0 Å². The summed E-state index contributed by atoms with van der Waals surface area (Å²) in [7, 11) is 2.12. The van der Waals surface area contributed by atoms with Crippen LogP contribution in [-0.4, -0.2) is 9.55 Å². The van der Waals surface area contributed by atoms with Crippen LogP contribution < -0.4 is 5.73 Å². The lowest BCUT2D eigenvalue weighted by Gasteiger charge is -2.08. The van der Waals surface area contributed by atoms with E-state index in [1.165, 1.54) is 49.0 Å². The molecule has 2 N–H and O–H groups in total. The Bertz CT molecular complexity index is 565. The van der Waals surface area contributed by atoms with Gasteiger partial charge >= 0.3 is 0 Å². The van der Waals surface area contributed by atoms with Crippen molar-refractivity contribution < 1.29 is 0 Å². The van der Waals surface area contributed by atoms with E-state index >= 15 is 0 Å². The molecule has 0 aliphatic heterocycles. The summed E-state index contributed by atoms with van der Waals surface area (Å²) in [6.45, 7) is 0.596. The molecule has 0 bridgehead atoms. The van der Waals surface area contributed by atoms with Crippen molar-refractivity contribution in [2.45, 2.75) is 45.1 Å². The van der Waals surface area contributed by atoms with Crippen molar-refractivity contribution >= 4 is 11.0 Å². The first kappa shape index (κ1) is 12.7. The molecule has 1 heterocycles. The van der Waals surface area contributed by atoms with Crippen molar-refractivity contribution in [3.63, 3.8) is 0 Å². The summed E-state index contributed by atoms with van der Waals surface area (Å²) < 4.78 is 2.24. The molecule has 102 valence electrons. The fourth-order valence-electron chi connectivity index (χ4n) is 3.27. The van der Waals surface area contributed by atoms with Crippen LogP contribution in [0.2, 0.25) is 0 Å². The Kier molecular flexibility index (Phi) is 3.56. The molecule has 3 nitrogen and oxygen atoms in total. The molecule has 1 aliphatic rings. The molecule has 0 saturated heterocycles. The zero-order valence-corrected chi connectivity index (χ0v) is 11.7. The van der Waals surface area contributed by atoms with Gasteiger partial charge in [-0.25, -0.2) is 4.98 Å². The van der Waals surface area contributed by atoms with Gasteiger partial charge in [-0.05, 0) is 30.0 Å². The molecule has 0 spiro atoms. The van der Waals surface area contributed by atoms with E-state index in [0.29, 0.717) is 6.54 Å². The van der Waals surface area contributed by atoms with E-state index in [0.717, 1.165) is 17.9 Å². The number of imidazole rings is 1. The number of rotatable bonds is 4. The van der Waals surface area contributed by atoms with Crippen LogP contribution in [0.1, 0.15) is 43.5 Å². The average molecular weight is 257 g/mol. The monoisotopic (exact) mass is 257 g/mol. The molecule has 2 aromatic rings. The summed E-state index contributed by atoms with van der Waals surface area (Å²) in [4.78, 5) is 4.77. The first-order chi connectivity index (χ1) is 9.28. The SMILES string of the molecule is Cn1c(CCC2CCCC2)nc2ccc(CN)cc21. The molecule has 0 amide bonds. The lowest BCUT2D eigenvalue weighted by atomic mass is 10.0. The molecular formula is C16H23N3. The molecule has 3 heteroatoms. The fourth-order valence-corrected chi connectivity index (χ4v) is 3.27. The molecule has 1 aromatic carbocycles. The van der Waals surface area contributed by atoms with Crippen molar-refractivity contribution in [1.82, 2.24) is 9.55 Å². The third kappa shape index (κ3) is 2.52. The summed E-state index contributed by atoms with van der Waals surface area (Å²) >= 11 is 0. The minimum atomic E-state index is 0.596. The Morgan fingerprint density at radius 3 is 2.84 bits per heavy atom. The second-order valence-electron chi connectivity index (χ2n) is 5.80. The van der Waals surface area contributed by atoms with Crippen LogP contribution in [0.4, 0.5) is 0 Å². The van der Waals surface area contributed by atoms with Crippen molar-refractivity contribution in [3.8, 4) is 0 Å². The van der Waals surface area contributed by atoms with Crippen LogP contribution >= 0.6 is 0 Å². The Morgan fingerprint density at radius 1 is 1.32 bits per heavy atom. The second kappa shape index (κ2) is 5.33. The predicted octanol–water partition coefficient (Wildman–Crippen LogP) is 3.15. The molecule has 0 atom stereocenters. The Hall–Kier alpha value is -1.35. The molecule has 19 heavy (non-hydrogen) atoms. The molecule has 1 saturated carbocycles. The quantitative estimate of drug-likeness (QED) is 0.914. The van der Waals surface area contributed by atoms with E-state index in [9.17, 15) is 0 Å². The van der Waals surface area contributed by atoms with Crippen LogP contribution in [0.5, 0.6) is 0 Å². The number of nitrogens with two attached hydrogens (primary N) is 1. The van der Waals surface area contributed by atoms with E-state index in [2.05, 4.69) is 29.8 Å². The highest BCUT2D eigenvalue weighted by molar-refractivity contribution is 5.76. The van der Waals surface area contributed by atoms with Gasteiger partial charge in [0.05, 0.1) is 11.0 Å². The largest absolute Gasteiger partial charge is 0.331 e. The minimum Gasteiger partial charge on any atom is -0.331 e. The third-order valence-electron chi connectivity index (χ3n) is 4.52. The van der Waals surface area contributed by atoms with Crippen molar-refractivity contribution in [1.29, 1.82) is 0 Å². The summed E-state index contributed by atoms with van der Waals surface area (Å²) in [6.07, 6.45) is 8.08. The highest BCUT2D eigenvalue weighted by Gasteiger charge is 2.16. The Labute approximate surface area is 114 Å². The summed E-state index contributed by atoms with van der Waals surface area (Å²) in [5, 5.41) is 0. The van der Waals surface area contributed by atoms with Crippen molar-refractivity contribution in [3.05, 3.63) is 29.6 Å². The van der Waals surface area contributed by atoms with E-state index in [1.807, 2.05) is 0 Å². The molecule has 0 unspecified atom stereocenters. The van der Waals surface area contributed by atoms with Gasteiger partial charge in [-0.1, -0.05) is 31.7 Å². The smallest absolute Gasteiger partial charge is 0.109 e. The van der Waals surface area contributed by atoms with Gasteiger partial charge in [0, 0.05) is 20.0 Å². The second-order valence-corrected chi connectivity index (χ2v) is 5.80. The normalized spacial score (nSPS) is 16.5. The van der Waals surface area contributed by atoms with Crippen LogP contribution in [0.3, 0.4) is 0 Å². The number of nitrogens with zero attached hydrogens (tertiary/aromatic N) is 2. The predicted molar refractivity (Wildman–Crippen MR) is 78.9 cm³/mol. The molecule has 0 radical (unpaired) electrons. The van der Waals surface area contributed by atoms with Gasteiger partial charge < -0.3 is 10.3 Å². The topological polar surface area (TPSA) is 43.8 Å². The van der Waals surface area contributed by atoms with Gasteiger partial charge in [-0.15, -0.1) is 0 Å². The lowest BCUT2D eigenvalue weighted by Crippen LogP contribution is -2.02. The molecular weight excluding hydrogens is 234 g/mol. The Morgan fingerprint density at radius 2 is 2.11 bits per heavy atom. The van der Waals surface area contributed by atoms with Crippen LogP contribution in [0.15, 0.2) is 18.2 Å². The Balaban J connectivity index is 1.81. The van der Waals surface area contributed by atoms with Gasteiger partial charge in [0.15, 0.2) is 0 Å². The first-order valence-electron chi connectivity index (χ1n) is 7.42. The van der Waals surface area contributed by atoms with Crippen LogP contribution in [0.25, 0.3) is 11.0 Å². The zero-order valence-electron chi connectivity index (χ0n) is 11.7. The van der Waals surface area contributed by atoms with Gasteiger partial charge in [0.1, 0.15) is 5.82 Å². The summed E-state index contributed by atoms with van der Waals surface area (Å²) in [5.41, 5.74) is 9.20. The van der Waals surface area contributed by atoms with E-state index in [4.69, 9.17) is 10.7 Å². The summed E-state index contributed by atoms with van der Waals surface area (Å²) in [6, 6.07) is 6.34. The summed E-state index contributed by atoms with van der Waals surface area (Å²) in [5.74, 6) is 2.15. The van der Waals surface area contributed by atoms with Gasteiger partial charge in [-0.3, -0.25) is 0 Å². The zero-order chi connectivity index (χ0) is 13.2. The van der Waals surface area contributed by atoms with Crippen LogP contribution in [0, 0.1) is 5.92 Å². The minimum absolute atomic E-state index is 0.596. The van der Waals surface area contributed by atoms with Crippen molar-refractivity contribution in [2.24, 2.45) is 18.7 Å². The van der Waals surface area contributed by atoms with Crippen LogP contribution in [-0.2, 0) is 20.0 Å². The van der Waals surface area contributed by atoms with Gasteiger partial charge in [-0.2, -0.15) is 0 Å². The maximum atomic E-state index is 5.71. The van der Waals surface area contributed by atoms with Gasteiger partial charge in [0.2, 0.25) is 0 Å². The number of hydrogen-bond donors (Lipinski definition) is 1. The lowest BCUT2D eigenvalue weighted by molar-refractivity contribution is 0.493. The molecule has 3 rings (SSSR count). The highest BCUT2D eigenvalue weighted by Crippen LogP contribution is 2.29.